The van der Waals surface area contributed by atoms with E-state index < -0.39 is 0 Å². The molecule has 1 N–H and O–H groups in total. The van der Waals surface area contributed by atoms with E-state index in [0.29, 0.717) is 23.9 Å². The molecular weight excluding hydrogens is 280 g/mol. The van der Waals surface area contributed by atoms with Gasteiger partial charge in [0.1, 0.15) is 0 Å². The molecule has 116 valence electrons. The second kappa shape index (κ2) is 6.06. The van der Waals surface area contributed by atoms with Crippen LogP contribution in [0.4, 0.5) is 5.95 Å². The summed E-state index contributed by atoms with van der Waals surface area (Å²) in [5.41, 5.74) is 1.23. The van der Waals surface area contributed by atoms with Crippen molar-refractivity contribution in [1.82, 2.24) is 14.9 Å². The number of fused-ring (bicyclic) bond motifs is 1. The molecule has 0 amide bonds. The Bertz CT molecular complexity index is 589. The highest BCUT2D eigenvalue weighted by molar-refractivity contribution is 5.22. The number of likely N-dealkylation sites (tertiary alicyclic amines) is 1. The number of nitrogens with zero attached hydrogens (tertiary/aromatic N) is 3. The summed E-state index contributed by atoms with van der Waals surface area (Å²) >= 11 is 0. The van der Waals surface area contributed by atoms with Gasteiger partial charge in [-0.05, 0) is 12.1 Å². The van der Waals surface area contributed by atoms with E-state index in [1.807, 2.05) is 18.4 Å². The number of hydrogen-bond acceptors (Lipinski definition) is 6. The lowest BCUT2D eigenvalue weighted by Crippen LogP contribution is -2.27. The molecule has 22 heavy (non-hydrogen) atoms. The fraction of sp³-hybridized carbons (Fsp3) is 0.500. The van der Waals surface area contributed by atoms with E-state index in [4.69, 9.17) is 9.15 Å². The molecule has 0 aromatic carbocycles. The summed E-state index contributed by atoms with van der Waals surface area (Å²) in [6.45, 7) is 4.72. The molecule has 2 aliphatic rings. The molecule has 6 nitrogen and oxygen atoms in total. The lowest BCUT2D eigenvalue weighted by Gasteiger charge is -2.19. The summed E-state index contributed by atoms with van der Waals surface area (Å²) in [7, 11) is 0. The number of aromatic nitrogens is 2. The topological polar surface area (TPSA) is 63.4 Å². The van der Waals surface area contributed by atoms with Crippen LogP contribution in [0.2, 0.25) is 0 Å². The Morgan fingerprint density at radius 1 is 1.27 bits per heavy atom. The third-order valence-corrected chi connectivity index (χ3v) is 4.59. The maximum Gasteiger partial charge on any atom is 0.222 e. The monoisotopic (exact) mass is 300 g/mol. The van der Waals surface area contributed by atoms with Crippen LogP contribution in [0.5, 0.6) is 0 Å². The second-order valence-electron chi connectivity index (χ2n) is 6.07. The zero-order valence-electron chi connectivity index (χ0n) is 12.4. The molecule has 0 unspecified atom stereocenters. The minimum absolute atomic E-state index is 0.357. The molecule has 0 aliphatic carbocycles. The fourth-order valence-electron chi connectivity index (χ4n) is 3.47. The third kappa shape index (κ3) is 2.84. The van der Waals surface area contributed by atoms with E-state index in [-0.39, 0.29) is 0 Å². The van der Waals surface area contributed by atoms with Gasteiger partial charge in [-0.1, -0.05) is 0 Å². The predicted octanol–water partition coefficient (Wildman–Crippen LogP) is 1.63. The van der Waals surface area contributed by atoms with Crippen LogP contribution in [-0.2, 0) is 11.3 Å². The minimum Gasteiger partial charge on any atom is -0.472 e. The molecule has 4 heterocycles. The van der Waals surface area contributed by atoms with E-state index in [1.165, 1.54) is 5.56 Å². The highest BCUT2D eigenvalue weighted by Gasteiger charge is 2.43. The van der Waals surface area contributed by atoms with Crippen LogP contribution in [0.3, 0.4) is 0 Å². The summed E-state index contributed by atoms with van der Waals surface area (Å²) in [5.74, 6) is 1.80. The average molecular weight is 300 g/mol. The third-order valence-electron chi connectivity index (χ3n) is 4.59. The van der Waals surface area contributed by atoms with Gasteiger partial charge in [-0.2, -0.15) is 0 Å². The Morgan fingerprint density at radius 2 is 2.18 bits per heavy atom. The molecule has 0 spiro atoms. The second-order valence-corrected chi connectivity index (χ2v) is 6.07. The standard InChI is InChI=1S/C16H20N4O2/c1-3-17-16(18-4-1)19-6-13-11-22-15-9-20(8-14(13)15)7-12-2-5-21-10-12/h1-5,10,13-15H,6-9,11H2,(H,17,18,19)/t13-,14+,15+/m0/s1. The molecule has 6 heteroatoms. The van der Waals surface area contributed by atoms with Gasteiger partial charge >= 0.3 is 0 Å². The van der Waals surface area contributed by atoms with E-state index in [2.05, 4.69) is 20.2 Å². The first kappa shape index (κ1) is 13.7. The summed E-state index contributed by atoms with van der Waals surface area (Å²) in [6.07, 6.45) is 7.42. The average Bonchev–Trinajstić information content (AvgIpc) is 3.25. The molecule has 2 aliphatic heterocycles. The fourth-order valence-corrected chi connectivity index (χ4v) is 3.47. The SMILES string of the molecule is c1cnc(NC[C@H]2CO[C@@H]3CN(Cc4ccoc4)C[C@H]23)nc1. The Labute approximate surface area is 129 Å². The largest absolute Gasteiger partial charge is 0.472 e. The molecule has 0 bridgehead atoms. The van der Waals surface area contributed by atoms with Crippen LogP contribution in [0.15, 0.2) is 41.5 Å². The van der Waals surface area contributed by atoms with Crippen molar-refractivity contribution in [2.45, 2.75) is 12.6 Å². The number of rotatable bonds is 5. The Kier molecular flexibility index (Phi) is 3.78. The summed E-state index contributed by atoms with van der Waals surface area (Å²) in [4.78, 5) is 10.9. The normalized spacial score (nSPS) is 27.9. The van der Waals surface area contributed by atoms with Gasteiger partial charge in [0.25, 0.3) is 0 Å². The Balaban J connectivity index is 1.32. The predicted molar refractivity (Wildman–Crippen MR) is 81.2 cm³/mol. The van der Waals surface area contributed by atoms with Crippen LogP contribution < -0.4 is 5.32 Å². The smallest absolute Gasteiger partial charge is 0.222 e. The summed E-state index contributed by atoms with van der Waals surface area (Å²) < 4.78 is 11.1. The van der Waals surface area contributed by atoms with Gasteiger partial charge in [-0.15, -0.1) is 0 Å². The minimum atomic E-state index is 0.357. The molecule has 4 rings (SSSR count). The molecule has 2 aromatic heterocycles. The van der Waals surface area contributed by atoms with Gasteiger partial charge in [-0.25, -0.2) is 9.97 Å². The summed E-state index contributed by atoms with van der Waals surface area (Å²) in [6, 6.07) is 3.85. The van der Waals surface area contributed by atoms with Gasteiger partial charge in [0, 0.05) is 56.0 Å². The Hall–Kier alpha value is -1.92. The van der Waals surface area contributed by atoms with Crippen LogP contribution in [-0.4, -0.2) is 47.2 Å². The molecule has 2 saturated heterocycles. The molecule has 2 aromatic rings. The first-order valence-corrected chi connectivity index (χ1v) is 7.74. The lowest BCUT2D eigenvalue weighted by atomic mass is 9.93. The molecular formula is C16H20N4O2. The number of furan rings is 1. The highest BCUT2D eigenvalue weighted by Crippen LogP contribution is 2.34. The van der Waals surface area contributed by atoms with Gasteiger partial charge in [0.15, 0.2) is 0 Å². The summed E-state index contributed by atoms with van der Waals surface area (Å²) in [5, 5.41) is 3.32. The number of hydrogen-bond donors (Lipinski definition) is 1. The lowest BCUT2D eigenvalue weighted by molar-refractivity contribution is 0.0945. The van der Waals surface area contributed by atoms with Gasteiger partial charge < -0.3 is 14.5 Å². The van der Waals surface area contributed by atoms with Crippen molar-refractivity contribution < 1.29 is 9.15 Å². The quantitative estimate of drug-likeness (QED) is 0.905. The van der Waals surface area contributed by atoms with Crippen LogP contribution in [0, 0.1) is 11.8 Å². The van der Waals surface area contributed by atoms with Crippen molar-refractivity contribution in [1.29, 1.82) is 0 Å². The van der Waals surface area contributed by atoms with Crippen molar-refractivity contribution in [3.63, 3.8) is 0 Å². The van der Waals surface area contributed by atoms with Gasteiger partial charge in [0.05, 0.1) is 25.2 Å². The van der Waals surface area contributed by atoms with E-state index >= 15 is 0 Å². The van der Waals surface area contributed by atoms with Gasteiger partial charge in [-0.3, -0.25) is 4.90 Å². The van der Waals surface area contributed by atoms with Crippen LogP contribution in [0.25, 0.3) is 0 Å². The molecule has 3 atom stereocenters. The number of anilines is 1. The maximum absolute atomic E-state index is 5.98. The van der Waals surface area contributed by atoms with Crippen LogP contribution in [0.1, 0.15) is 5.56 Å². The van der Waals surface area contributed by atoms with Crippen LogP contribution >= 0.6 is 0 Å². The highest BCUT2D eigenvalue weighted by atomic mass is 16.5. The van der Waals surface area contributed by atoms with E-state index in [0.717, 1.165) is 32.8 Å². The van der Waals surface area contributed by atoms with Crippen molar-refractivity contribution in [3.05, 3.63) is 42.6 Å². The van der Waals surface area contributed by atoms with Crippen molar-refractivity contribution in [2.24, 2.45) is 11.8 Å². The first-order valence-electron chi connectivity index (χ1n) is 7.74. The molecule has 0 radical (unpaired) electrons. The zero-order valence-corrected chi connectivity index (χ0v) is 12.4. The molecule has 2 fully saturated rings. The van der Waals surface area contributed by atoms with Crippen molar-refractivity contribution in [2.75, 3.05) is 31.6 Å². The van der Waals surface area contributed by atoms with E-state index in [1.54, 1.807) is 18.7 Å². The maximum atomic E-state index is 5.98. The van der Waals surface area contributed by atoms with E-state index in [9.17, 15) is 0 Å². The van der Waals surface area contributed by atoms with Crippen molar-refractivity contribution in [3.8, 4) is 0 Å². The first-order chi connectivity index (χ1) is 10.9. The molecule has 0 saturated carbocycles. The van der Waals surface area contributed by atoms with Crippen molar-refractivity contribution >= 4 is 5.95 Å². The zero-order chi connectivity index (χ0) is 14.8. The van der Waals surface area contributed by atoms with Gasteiger partial charge in [0.2, 0.25) is 5.95 Å². The Morgan fingerprint density at radius 3 is 3.00 bits per heavy atom. The number of nitrogens with one attached hydrogen (secondary N) is 1. The number of ether oxygens (including phenoxy) is 1.